The van der Waals surface area contributed by atoms with Gasteiger partial charge < -0.3 is 22.4 Å². The number of rotatable bonds is 0. The first-order valence-electron chi connectivity index (χ1n) is 17.8. The van der Waals surface area contributed by atoms with E-state index in [4.69, 9.17) is 0 Å². The molecule has 14 heterocycles. The Morgan fingerprint density at radius 3 is 1.27 bits per heavy atom. The third kappa shape index (κ3) is 53.2. The van der Waals surface area contributed by atoms with E-state index in [-0.39, 0.29) is 0 Å². The lowest BCUT2D eigenvalue weighted by atomic mass is 10.8. The minimum Gasteiger partial charge on any atom is -0.452 e. The summed E-state index contributed by atoms with van der Waals surface area (Å²) in [6, 6.07) is 3.63. The monoisotopic (exact) mass is 1070 g/mol. The van der Waals surface area contributed by atoms with E-state index in [0.717, 1.165) is 0 Å². The van der Waals surface area contributed by atoms with E-state index in [1.807, 2.05) is 27.6 Å². The Morgan fingerprint density at radius 1 is 0.386 bits per heavy atom. The number of nitrogens with one attached hydrogen (secondary N) is 2. The number of thiazole rings is 3. The highest BCUT2D eigenvalue weighted by atomic mass is 32.1. The Morgan fingerprint density at radius 2 is 1.10 bits per heavy atom. The largest absolute Gasteiger partial charge is 0.452 e. The summed E-state index contributed by atoms with van der Waals surface area (Å²) in [5.74, 6) is 0. The fraction of sp³-hybridized carbons (Fsp3) is 0. The predicted octanol–water partition coefficient (Wildman–Crippen LogP) is 6.89. The van der Waals surface area contributed by atoms with Crippen LogP contribution in [0.2, 0.25) is 0 Å². The molecular weight excluding hydrogens is 1030 g/mol. The van der Waals surface area contributed by atoms with Crippen LogP contribution in [0, 0.1) is 0 Å². The maximum Gasteiger partial charge on any atom is 0.213 e. The van der Waals surface area contributed by atoms with E-state index in [0.29, 0.717) is 0 Å². The molecule has 0 saturated carbocycles. The molecule has 0 aliphatic carbocycles. The van der Waals surface area contributed by atoms with Crippen molar-refractivity contribution in [1.82, 2.24) is 120 Å². The summed E-state index contributed by atoms with van der Waals surface area (Å²) in [4.78, 5) is 21.8. The first-order valence-corrected chi connectivity index (χ1v) is 23.1. The number of aromatic amines is 2. The summed E-state index contributed by atoms with van der Waals surface area (Å²) >= 11 is 8.97. The molecule has 0 radical (unpaired) electrons. The van der Waals surface area contributed by atoms with Gasteiger partial charge in [-0.15, -0.1) is 70.8 Å². The normalized spacial score (nSPS) is 8.00. The van der Waals surface area contributed by atoms with Crippen molar-refractivity contribution in [2.75, 3.05) is 0 Å². The third-order valence-corrected chi connectivity index (χ3v) is 7.39. The Labute approximate surface area is 418 Å². The van der Waals surface area contributed by atoms with Gasteiger partial charge in [0.1, 0.15) is 42.5 Å². The third-order valence-electron chi connectivity index (χ3n) is 4.44. The number of hydrogen-bond donors (Lipinski definition) is 2. The van der Waals surface area contributed by atoms with Crippen LogP contribution in [0.4, 0.5) is 0 Å². The van der Waals surface area contributed by atoms with Crippen molar-refractivity contribution < 1.29 is 27.0 Å². The molecule has 0 saturated heterocycles. The van der Waals surface area contributed by atoms with Crippen LogP contribution in [0.5, 0.6) is 0 Å². The van der Waals surface area contributed by atoms with E-state index in [9.17, 15) is 0 Å². The summed E-state index contributed by atoms with van der Waals surface area (Å²) < 4.78 is 36.8. The van der Waals surface area contributed by atoms with Crippen molar-refractivity contribution in [3.05, 3.63) is 205 Å². The van der Waals surface area contributed by atoms with Gasteiger partial charge in [-0.1, -0.05) is 20.6 Å². The summed E-state index contributed by atoms with van der Waals surface area (Å²) in [5, 5.41) is 56.1. The molecule has 0 aromatic carbocycles. The van der Waals surface area contributed by atoms with Crippen LogP contribution in [-0.4, -0.2) is 120 Å². The molecule has 0 unspecified atom stereocenters. The molecular formula is C34H36N24O6S6. The van der Waals surface area contributed by atoms with Gasteiger partial charge in [-0.05, 0) is 23.7 Å². The van der Waals surface area contributed by atoms with Gasteiger partial charge >= 0.3 is 0 Å². The SMILES string of the molecule is c1cn[nH]n1.c1cnoc1.c1cnon1.c1cnsc1.c1cnsn1.c1cocn1.c1conn1.c1cscn1.c1cscn1.c1cscn1.c1nc[nH]n1.c1ncon1.c1nnco1.c1nncs1. The number of nitrogens with zero attached hydrogens (tertiary/aromatic N) is 22. The van der Waals surface area contributed by atoms with Crippen LogP contribution >= 0.6 is 68.6 Å². The Hall–Kier alpha value is -9.10. The smallest absolute Gasteiger partial charge is 0.213 e. The Bertz CT molecular complexity index is 1610. The number of aromatic nitrogens is 24. The van der Waals surface area contributed by atoms with Crippen molar-refractivity contribution in [1.29, 1.82) is 0 Å². The molecule has 0 fully saturated rings. The zero-order chi connectivity index (χ0) is 49.5. The maximum absolute atomic E-state index is 4.47. The molecule has 0 amide bonds. The average molecular weight is 1070 g/mol. The minimum absolute atomic E-state index is 1.21. The highest BCUT2D eigenvalue weighted by molar-refractivity contribution is 7.08. The lowest BCUT2D eigenvalue weighted by molar-refractivity contribution is 0.307. The average Bonchev–Trinajstić information content (AvgIpc) is 4.33. The van der Waals surface area contributed by atoms with Gasteiger partial charge in [-0.3, -0.25) is 20.1 Å². The van der Waals surface area contributed by atoms with E-state index < -0.39 is 0 Å². The van der Waals surface area contributed by atoms with Gasteiger partial charge in [-0.25, -0.2) is 24.0 Å². The number of H-pyrrole nitrogens is 2. The number of oxazole rings is 1. The van der Waals surface area contributed by atoms with Crippen molar-refractivity contribution in [3.63, 3.8) is 0 Å². The van der Waals surface area contributed by atoms with E-state index >= 15 is 0 Å². The molecule has 36 heteroatoms. The van der Waals surface area contributed by atoms with Crippen LogP contribution < -0.4 is 0 Å². The molecule has 70 heavy (non-hydrogen) atoms. The molecule has 14 rings (SSSR count). The van der Waals surface area contributed by atoms with Crippen LogP contribution in [0.25, 0.3) is 0 Å². The molecule has 364 valence electrons. The van der Waals surface area contributed by atoms with Crippen molar-refractivity contribution >= 4 is 68.6 Å². The molecule has 2 N–H and O–H groups in total. The van der Waals surface area contributed by atoms with Gasteiger partial charge in [0.2, 0.25) is 19.2 Å². The summed E-state index contributed by atoms with van der Waals surface area (Å²) in [5.41, 5.74) is 8.74. The van der Waals surface area contributed by atoms with Crippen LogP contribution in [0.15, 0.2) is 232 Å². The van der Waals surface area contributed by atoms with Gasteiger partial charge in [0.05, 0.1) is 84.0 Å². The molecule has 30 nitrogen and oxygen atoms in total. The first kappa shape index (κ1) is 58.9. The summed E-state index contributed by atoms with van der Waals surface area (Å²) in [6.45, 7) is 0. The fourth-order valence-corrected chi connectivity index (χ4v) is 4.15. The van der Waals surface area contributed by atoms with Gasteiger partial charge in [0.25, 0.3) is 0 Å². The highest BCUT2D eigenvalue weighted by Crippen LogP contribution is 1.87. The Kier molecular flexibility index (Phi) is 47.2. The van der Waals surface area contributed by atoms with Crippen molar-refractivity contribution in [2.24, 2.45) is 0 Å². The lowest BCUT2D eigenvalue weighted by Crippen LogP contribution is -1.61. The van der Waals surface area contributed by atoms with Crippen LogP contribution in [0.3, 0.4) is 0 Å². The predicted molar refractivity (Wildman–Crippen MR) is 251 cm³/mol. The highest BCUT2D eigenvalue weighted by Gasteiger charge is 1.66. The Balaban J connectivity index is 0.000000377. The van der Waals surface area contributed by atoms with Crippen molar-refractivity contribution in [3.8, 4) is 0 Å². The molecule has 0 atom stereocenters. The standard InChI is InChI=1S/2C3H3NO.4C3H3NS.2C2H3N3.4C2H2N2O.2C2H2N2S/c1-2-5-3-4-1;1-2-4-5-3-1;3*1-2-5-3-4-1;1-2-4-5-3-1;1-3-2-5-4-1;1-2-4-5-3-1;1-3-4-2-5-1;1-3-2-5-4-1;1-2-5-4-3-1;1-2-4-5-3-1;1-3-4-2-5-1;1-2-4-5-3-1/h6*1-3H;2*1-2H,(H,3,4,5);6*1-2H. The first-order chi connectivity index (χ1) is 35.0. The van der Waals surface area contributed by atoms with Gasteiger partial charge in [0.15, 0.2) is 12.7 Å². The van der Waals surface area contributed by atoms with E-state index in [1.54, 1.807) is 130 Å². The molecule has 14 aromatic heterocycles. The molecule has 0 aliphatic heterocycles. The van der Waals surface area contributed by atoms with Crippen LogP contribution in [-0.2, 0) is 0 Å². The number of hydrogen-bond acceptors (Lipinski definition) is 34. The maximum atomic E-state index is 4.47. The second-order valence-electron chi connectivity index (χ2n) is 8.89. The topological polar surface area (TPSA) is 394 Å². The zero-order valence-corrected chi connectivity index (χ0v) is 40.3. The summed E-state index contributed by atoms with van der Waals surface area (Å²) in [7, 11) is 0. The molecule has 14 aromatic rings. The van der Waals surface area contributed by atoms with Crippen molar-refractivity contribution in [2.45, 2.75) is 0 Å². The second kappa shape index (κ2) is 56.0. The molecule has 0 aliphatic rings. The van der Waals surface area contributed by atoms with E-state index in [1.165, 1.54) is 117 Å². The molecule has 0 bridgehead atoms. The van der Waals surface area contributed by atoms with Crippen LogP contribution in [0.1, 0.15) is 0 Å². The lowest BCUT2D eigenvalue weighted by Gasteiger charge is -1.48. The van der Waals surface area contributed by atoms with Gasteiger partial charge in [0, 0.05) is 51.6 Å². The molecule has 0 spiro atoms. The quantitative estimate of drug-likeness (QED) is 0.156. The minimum atomic E-state index is 1.21. The zero-order valence-electron chi connectivity index (χ0n) is 35.4. The fourth-order valence-electron chi connectivity index (χ4n) is 2.20. The second-order valence-corrected chi connectivity index (χ2v) is 13.1. The van der Waals surface area contributed by atoms with Gasteiger partial charge in [-0.2, -0.15) is 29.3 Å². The van der Waals surface area contributed by atoms with E-state index in [2.05, 4.69) is 147 Å². The summed E-state index contributed by atoms with van der Waals surface area (Å²) in [6.07, 6.45) is 35.0.